The van der Waals surface area contributed by atoms with Crippen molar-refractivity contribution >= 4 is 11.7 Å². The van der Waals surface area contributed by atoms with Gasteiger partial charge in [0.1, 0.15) is 5.75 Å². The zero-order valence-electron chi connectivity index (χ0n) is 23.5. The number of carbonyl (C=O) groups excluding carboxylic acids is 1. The topological polar surface area (TPSA) is 110 Å². The van der Waals surface area contributed by atoms with E-state index in [1.807, 2.05) is 38.4 Å². The lowest BCUT2D eigenvalue weighted by molar-refractivity contribution is -0.149. The van der Waals surface area contributed by atoms with Crippen LogP contribution in [0.1, 0.15) is 59.8 Å². The predicted molar refractivity (Wildman–Crippen MR) is 151 cm³/mol. The van der Waals surface area contributed by atoms with Crippen molar-refractivity contribution in [1.29, 1.82) is 0 Å². The molecule has 0 bridgehead atoms. The van der Waals surface area contributed by atoms with Crippen molar-refractivity contribution in [2.75, 3.05) is 25.5 Å². The molecule has 1 saturated heterocycles. The number of aromatic nitrogens is 4. The van der Waals surface area contributed by atoms with Crippen LogP contribution < -0.4 is 10.2 Å². The monoisotopic (exact) mass is 519 g/mol. The van der Waals surface area contributed by atoms with Crippen LogP contribution in [-0.2, 0) is 4.79 Å². The zero-order valence-corrected chi connectivity index (χ0v) is 23.5. The van der Waals surface area contributed by atoms with Crippen LogP contribution in [0.2, 0.25) is 0 Å². The standard InChI is InChI=1S/C29H41N7O2/c1-28(2)16-22(17-29(3,4)36(28)27(38)9-7-8-14-30-5)35(6)26-13-12-24(33-34-26)23-11-10-20(15-25(23)37)21-18-31-32-19-21/h10-13,15,18-19,22,30,37H,7-9,14,16-17H2,1-6H3,(H,31,32). The first kappa shape index (κ1) is 27.6. The van der Waals surface area contributed by atoms with Gasteiger partial charge in [0.25, 0.3) is 0 Å². The van der Waals surface area contributed by atoms with Gasteiger partial charge in [-0.3, -0.25) is 9.89 Å². The summed E-state index contributed by atoms with van der Waals surface area (Å²) < 4.78 is 0. The summed E-state index contributed by atoms with van der Waals surface area (Å²) in [5.41, 5.74) is 2.45. The molecule has 0 spiro atoms. The summed E-state index contributed by atoms with van der Waals surface area (Å²) in [6, 6.07) is 9.54. The Kier molecular flexibility index (Phi) is 8.06. The van der Waals surface area contributed by atoms with Gasteiger partial charge in [-0.25, -0.2) is 0 Å². The highest BCUT2D eigenvalue weighted by Crippen LogP contribution is 2.41. The lowest BCUT2D eigenvalue weighted by Crippen LogP contribution is -2.65. The summed E-state index contributed by atoms with van der Waals surface area (Å²) in [4.78, 5) is 17.6. The number of aromatic amines is 1. The number of benzene rings is 1. The number of phenolic OH excluding ortho intramolecular Hbond substituents is 1. The number of carbonyl (C=O) groups is 1. The Morgan fingerprint density at radius 3 is 2.42 bits per heavy atom. The highest BCUT2D eigenvalue weighted by atomic mass is 16.3. The first-order valence-electron chi connectivity index (χ1n) is 13.4. The van der Waals surface area contributed by atoms with Gasteiger partial charge < -0.3 is 20.2 Å². The number of hydrogen-bond acceptors (Lipinski definition) is 7. The molecule has 1 aliphatic heterocycles. The largest absolute Gasteiger partial charge is 0.507 e. The highest BCUT2D eigenvalue weighted by Gasteiger charge is 2.48. The molecule has 204 valence electrons. The number of nitrogens with zero attached hydrogens (tertiary/aromatic N) is 5. The maximum absolute atomic E-state index is 13.3. The fourth-order valence-corrected chi connectivity index (χ4v) is 6.05. The number of piperidine rings is 1. The zero-order chi connectivity index (χ0) is 27.5. The number of amides is 1. The highest BCUT2D eigenvalue weighted by molar-refractivity contribution is 5.78. The van der Waals surface area contributed by atoms with E-state index in [0.717, 1.165) is 49.2 Å². The van der Waals surface area contributed by atoms with Gasteiger partial charge in [-0.2, -0.15) is 5.10 Å². The Balaban J connectivity index is 1.46. The van der Waals surface area contributed by atoms with Crippen LogP contribution in [0.4, 0.5) is 5.82 Å². The second-order valence-electron chi connectivity index (χ2n) is 11.6. The number of aromatic hydroxyl groups is 1. The van der Waals surface area contributed by atoms with Crippen molar-refractivity contribution in [2.24, 2.45) is 0 Å². The smallest absolute Gasteiger partial charge is 0.223 e. The van der Waals surface area contributed by atoms with Crippen LogP contribution in [0, 0.1) is 0 Å². The minimum atomic E-state index is -0.281. The summed E-state index contributed by atoms with van der Waals surface area (Å²) in [6.45, 7) is 9.62. The summed E-state index contributed by atoms with van der Waals surface area (Å²) in [5, 5.41) is 29.5. The van der Waals surface area contributed by atoms with Crippen LogP contribution in [0.25, 0.3) is 22.4 Å². The Labute approximate surface area is 225 Å². The molecule has 2 aromatic heterocycles. The van der Waals surface area contributed by atoms with E-state index < -0.39 is 0 Å². The van der Waals surface area contributed by atoms with E-state index in [-0.39, 0.29) is 28.8 Å². The van der Waals surface area contributed by atoms with Gasteiger partial charge in [-0.05, 0) is 96.8 Å². The molecule has 4 rings (SSSR count). The second kappa shape index (κ2) is 11.1. The molecule has 1 fully saturated rings. The van der Waals surface area contributed by atoms with E-state index in [1.54, 1.807) is 18.5 Å². The number of H-pyrrole nitrogens is 1. The molecule has 1 aromatic carbocycles. The molecule has 3 N–H and O–H groups in total. The van der Waals surface area contributed by atoms with Crippen molar-refractivity contribution in [1.82, 2.24) is 30.6 Å². The van der Waals surface area contributed by atoms with Gasteiger partial charge in [-0.1, -0.05) is 6.07 Å². The van der Waals surface area contributed by atoms with E-state index in [9.17, 15) is 9.90 Å². The van der Waals surface area contributed by atoms with Crippen molar-refractivity contribution in [3.63, 3.8) is 0 Å². The molecule has 9 nitrogen and oxygen atoms in total. The van der Waals surface area contributed by atoms with Crippen LogP contribution in [0.5, 0.6) is 5.75 Å². The molecule has 3 aromatic rings. The van der Waals surface area contributed by atoms with E-state index >= 15 is 0 Å². The molecule has 3 heterocycles. The van der Waals surface area contributed by atoms with Gasteiger partial charge in [0.2, 0.25) is 5.91 Å². The molecule has 1 aliphatic rings. The third-order valence-electron chi connectivity index (χ3n) is 7.66. The molecule has 0 atom stereocenters. The number of rotatable bonds is 9. The SMILES string of the molecule is CNCCCCC(=O)N1C(C)(C)CC(N(C)c2ccc(-c3ccc(-c4cn[nH]c4)cc3O)nn2)CC1(C)C. The fraction of sp³-hybridized carbons (Fsp3) is 0.517. The van der Waals surface area contributed by atoms with Gasteiger partial charge in [0.05, 0.1) is 11.9 Å². The Morgan fingerprint density at radius 1 is 1.11 bits per heavy atom. The summed E-state index contributed by atoms with van der Waals surface area (Å²) >= 11 is 0. The first-order valence-corrected chi connectivity index (χ1v) is 13.4. The third-order valence-corrected chi connectivity index (χ3v) is 7.66. The average molecular weight is 520 g/mol. The number of anilines is 1. The molecule has 0 saturated carbocycles. The third kappa shape index (κ3) is 5.83. The minimum absolute atomic E-state index is 0.144. The Bertz CT molecular complexity index is 1200. The Hall–Kier alpha value is -3.46. The van der Waals surface area contributed by atoms with Gasteiger partial charge in [0.15, 0.2) is 5.82 Å². The van der Waals surface area contributed by atoms with E-state index in [0.29, 0.717) is 17.7 Å². The minimum Gasteiger partial charge on any atom is -0.507 e. The van der Waals surface area contributed by atoms with E-state index in [4.69, 9.17) is 0 Å². The molecule has 1 amide bonds. The molecule has 38 heavy (non-hydrogen) atoms. The molecular weight excluding hydrogens is 478 g/mol. The van der Waals surface area contributed by atoms with Crippen molar-refractivity contribution in [3.8, 4) is 28.1 Å². The summed E-state index contributed by atoms with van der Waals surface area (Å²) in [7, 11) is 3.99. The number of nitrogens with one attached hydrogen (secondary N) is 2. The van der Waals surface area contributed by atoms with Crippen molar-refractivity contribution in [2.45, 2.75) is 76.9 Å². The van der Waals surface area contributed by atoms with Crippen molar-refractivity contribution in [3.05, 3.63) is 42.7 Å². The average Bonchev–Trinajstić information content (AvgIpc) is 3.40. The van der Waals surface area contributed by atoms with E-state index in [1.165, 1.54) is 0 Å². The van der Waals surface area contributed by atoms with Gasteiger partial charge >= 0.3 is 0 Å². The maximum atomic E-state index is 13.3. The van der Waals surface area contributed by atoms with Gasteiger partial charge in [-0.15, -0.1) is 10.2 Å². The lowest BCUT2D eigenvalue weighted by Gasteiger charge is -2.56. The number of unbranched alkanes of at least 4 members (excludes halogenated alkanes) is 1. The Morgan fingerprint density at radius 2 is 1.84 bits per heavy atom. The number of likely N-dealkylation sites (tertiary alicyclic amines) is 1. The summed E-state index contributed by atoms with van der Waals surface area (Å²) in [5.74, 6) is 1.15. The normalized spacial score (nSPS) is 16.9. The lowest BCUT2D eigenvalue weighted by atomic mass is 9.76. The predicted octanol–water partition coefficient (Wildman–Crippen LogP) is 4.61. The number of phenols is 1. The molecule has 9 heteroatoms. The quantitative estimate of drug-likeness (QED) is 0.354. The maximum Gasteiger partial charge on any atom is 0.223 e. The fourth-order valence-electron chi connectivity index (χ4n) is 6.05. The van der Waals surface area contributed by atoms with Crippen molar-refractivity contribution < 1.29 is 9.90 Å². The second-order valence-corrected chi connectivity index (χ2v) is 11.6. The van der Waals surface area contributed by atoms with E-state index in [2.05, 4.69) is 63.2 Å². The van der Waals surface area contributed by atoms with Crippen LogP contribution in [0.3, 0.4) is 0 Å². The number of hydrogen-bond donors (Lipinski definition) is 3. The van der Waals surface area contributed by atoms with Crippen LogP contribution in [-0.4, -0.2) is 74.1 Å². The van der Waals surface area contributed by atoms with Crippen LogP contribution >= 0.6 is 0 Å². The molecule has 0 radical (unpaired) electrons. The first-order chi connectivity index (χ1) is 18.0. The molecule has 0 unspecified atom stereocenters. The molecule has 0 aliphatic carbocycles. The molecular formula is C29H41N7O2. The summed E-state index contributed by atoms with van der Waals surface area (Å²) in [6.07, 6.45) is 7.67. The van der Waals surface area contributed by atoms with Crippen LogP contribution in [0.15, 0.2) is 42.7 Å². The van der Waals surface area contributed by atoms with Gasteiger partial charge in [0, 0.05) is 47.9 Å².